The predicted octanol–water partition coefficient (Wildman–Crippen LogP) is 3.11. The molecule has 1 aromatic carbocycles. The van der Waals surface area contributed by atoms with Crippen molar-refractivity contribution in [2.24, 2.45) is 5.73 Å². The van der Waals surface area contributed by atoms with Crippen LogP contribution in [0.4, 0.5) is 10.1 Å². The summed E-state index contributed by atoms with van der Waals surface area (Å²) in [5, 5.41) is 7.33. The molecule has 1 rings (SSSR count). The molecule has 5 heteroatoms. The number of hydrogen-bond donors (Lipinski definition) is 2. The molecule has 94 valence electrons. The number of halogens is 2. The summed E-state index contributed by atoms with van der Waals surface area (Å²) in [4.78, 5) is 1.87. The lowest BCUT2D eigenvalue weighted by Crippen LogP contribution is -2.21. The van der Waals surface area contributed by atoms with Crippen LogP contribution in [-0.2, 0) is 0 Å². The van der Waals surface area contributed by atoms with Crippen LogP contribution in [0.15, 0.2) is 16.6 Å². The minimum atomic E-state index is -0.365. The Morgan fingerprint density at radius 3 is 2.71 bits per heavy atom. The van der Waals surface area contributed by atoms with Gasteiger partial charge < -0.3 is 10.6 Å². The zero-order valence-electron chi connectivity index (χ0n) is 10.1. The van der Waals surface area contributed by atoms with Crippen LogP contribution < -0.4 is 10.6 Å². The lowest BCUT2D eigenvalue weighted by Gasteiger charge is -2.20. The van der Waals surface area contributed by atoms with Crippen molar-refractivity contribution in [3.63, 3.8) is 0 Å². The van der Waals surface area contributed by atoms with Crippen molar-refractivity contribution in [2.45, 2.75) is 19.8 Å². The van der Waals surface area contributed by atoms with E-state index in [4.69, 9.17) is 11.1 Å². The first-order valence-corrected chi connectivity index (χ1v) is 6.31. The van der Waals surface area contributed by atoms with Gasteiger partial charge in [0.05, 0.1) is 10.2 Å². The smallest absolute Gasteiger partial charge is 0.161 e. The van der Waals surface area contributed by atoms with E-state index in [2.05, 4.69) is 22.9 Å². The van der Waals surface area contributed by atoms with Crippen molar-refractivity contribution in [2.75, 3.05) is 18.5 Å². The van der Waals surface area contributed by atoms with Gasteiger partial charge in [-0.2, -0.15) is 0 Å². The minimum Gasteiger partial charge on any atom is -0.384 e. The molecule has 0 atom stereocenters. The highest BCUT2D eigenvalue weighted by Crippen LogP contribution is 2.28. The van der Waals surface area contributed by atoms with Gasteiger partial charge in [-0.1, -0.05) is 13.3 Å². The molecule has 0 amide bonds. The summed E-state index contributed by atoms with van der Waals surface area (Å²) in [6, 6.07) is 3.32. The van der Waals surface area contributed by atoms with Gasteiger partial charge in [0, 0.05) is 19.2 Å². The van der Waals surface area contributed by atoms with Crippen LogP contribution in [0.5, 0.6) is 0 Å². The summed E-state index contributed by atoms with van der Waals surface area (Å²) < 4.78 is 14.3. The predicted molar refractivity (Wildman–Crippen MR) is 73.3 cm³/mol. The van der Waals surface area contributed by atoms with Crippen molar-refractivity contribution in [3.05, 3.63) is 28.0 Å². The molecule has 0 unspecified atom stereocenters. The normalized spacial score (nSPS) is 10.4. The molecule has 1 aromatic rings. The van der Waals surface area contributed by atoms with Crippen LogP contribution >= 0.6 is 15.9 Å². The second-order valence-electron chi connectivity index (χ2n) is 3.95. The molecule has 0 heterocycles. The summed E-state index contributed by atoms with van der Waals surface area (Å²) in [6.07, 6.45) is 2.08. The number of amidine groups is 1. The van der Waals surface area contributed by atoms with Crippen LogP contribution in [0.25, 0.3) is 0 Å². The maximum absolute atomic E-state index is 14.1. The highest BCUT2D eigenvalue weighted by Gasteiger charge is 2.15. The number of nitrogens with one attached hydrogen (secondary N) is 1. The van der Waals surface area contributed by atoms with Crippen molar-refractivity contribution in [1.82, 2.24) is 0 Å². The Morgan fingerprint density at radius 1 is 1.53 bits per heavy atom. The Bertz CT molecular complexity index is 420. The number of nitrogen functional groups attached to an aromatic ring is 1. The molecule has 3 N–H and O–H groups in total. The quantitative estimate of drug-likeness (QED) is 0.648. The third-order valence-electron chi connectivity index (χ3n) is 2.61. The van der Waals surface area contributed by atoms with E-state index in [0.717, 1.165) is 19.4 Å². The molecule has 0 radical (unpaired) electrons. The molecule has 0 aromatic heterocycles. The Balaban J connectivity index is 3.03. The Morgan fingerprint density at radius 2 is 2.18 bits per heavy atom. The maximum atomic E-state index is 14.1. The van der Waals surface area contributed by atoms with E-state index in [9.17, 15) is 4.39 Å². The van der Waals surface area contributed by atoms with Crippen LogP contribution in [-0.4, -0.2) is 19.4 Å². The van der Waals surface area contributed by atoms with Crippen molar-refractivity contribution in [3.8, 4) is 0 Å². The van der Waals surface area contributed by atoms with Gasteiger partial charge in [-0.15, -0.1) is 0 Å². The molecule has 17 heavy (non-hydrogen) atoms. The van der Waals surface area contributed by atoms with E-state index in [1.54, 1.807) is 12.1 Å². The number of rotatable bonds is 5. The summed E-state index contributed by atoms with van der Waals surface area (Å²) in [7, 11) is 1.86. The molecule has 0 aliphatic rings. The maximum Gasteiger partial charge on any atom is 0.161 e. The molecule has 0 saturated heterocycles. The number of unbranched alkanes of at least 4 members (excludes halogenated alkanes) is 1. The Kier molecular flexibility index (Phi) is 4.93. The molecule has 3 nitrogen and oxygen atoms in total. The third kappa shape index (κ3) is 3.19. The van der Waals surface area contributed by atoms with Gasteiger partial charge in [0.1, 0.15) is 5.84 Å². The highest BCUT2D eigenvalue weighted by molar-refractivity contribution is 9.10. The van der Waals surface area contributed by atoms with E-state index in [1.165, 1.54) is 0 Å². The fourth-order valence-corrected chi connectivity index (χ4v) is 2.11. The van der Waals surface area contributed by atoms with Crippen LogP contribution in [0.3, 0.4) is 0 Å². The fourth-order valence-electron chi connectivity index (χ4n) is 1.56. The Hall–Kier alpha value is -1.10. The molecule has 0 fully saturated rings. The summed E-state index contributed by atoms with van der Waals surface area (Å²) in [5.41, 5.74) is 6.27. The number of benzene rings is 1. The average Bonchev–Trinajstić information content (AvgIpc) is 2.29. The van der Waals surface area contributed by atoms with Gasteiger partial charge in [0.2, 0.25) is 0 Å². The molecular formula is C12H17BrFN3. The van der Waals surface area contributed by atoms with Crippen LogP contribution in [0.2, 0.25) is 0 Å². The van der Waals surface area contributed by atoms with E-state index in [0.29, 0.717) is 11.3 Å². The zero-order chi connectivity index (χ0) is 13.0. The number of hydrogen-bond acceptors (Lipinski definition) is 2. The topological polar surface area (TPSA) is 53.1 Å². The lowest BCUT2D eigenvalue weighted by atomic mass is 10.1. The van der Waals surface area contributed by atoms with Gasteiger partial charge >= 0.3 is 0 Å². The summed E-state index contributed by atoms with van der Waals surface area (Å²) in [5.74, 6) is -0.505. The van der Waals surface area contributed by atoms with E-state index >= 15 is 0 Å². The van der Waals surface area contributed by atoms with E-state index < -0.39 is 0 Å². The van der Waals surface area contributed by atoms with E-state index in [-0.39, 0.29) is 16.1 Å². The van der Waals surface area contributed by atoms with E-state index in [1.807, 2.05) is 11.9 Å². The minimum absolute atomic E-state index is 0.140. The van der Waals surface area contributed by atoms with Crippen molar-refractivity contribution in [1.29, 1.82) is 5.41 Å². The summed E-state index contributed by atoms with van der Waals surface area (Å²) >= 11 is 3.15. The SMILES string of the molecule is CCCCN(C)c1ccc(C(=N)N)c(Br)c1F. The highest BCUT2D eigenvalue weighted by atomic mass is 79.9. The van der Waals surface area contributed by atoms with Crippen LogP contribution in [0.1, 0.15) is 25.3 Å². The third-order valence-corrected chi connectivity index (χ3v) is 3.39. The Labute approximate surface area is 109 Å². The second-order valence-corrected chi connectivity index (χ2v) is 4.74. The van der Waals surface area contributed by atoms with Gasteiger partial charge in [-0.3, -0.25) is 5.41 Å². The molecule has 0 aliphatic carbocycles. The van der Waals surface area contributed by atoms with Crippen LogP contribution in [0, 0.1) is 11.2 Å². The first-order chi connectivity index (χ1) is 7.99. The average molecular weight is 302 g/mol. The molecule has 0 saturated carbocycles. The first kappa shape index (κ1) is 14.0. The first-order valence-electron chi connectivity index (χ1n) is 5.52. The molecule has 0 spiro atoms. The van der Waals surface area contributed by atoms with Gasteiger partial charge in [-0.05, 0) is 34.5 Å². The number of nitrogens with zero attached hydrogens (tertiary/aromatic N) is 1. The number of anilines is 1. The fraction of sp³-hybridized carbons (Fsp3) is 0.417. The zero-order valence-corrected chi connectivity index (χ0v) is 11.6. The van der Waals surface area contributed by atoms with Crippen molar-refractivity contribution < 1.29 is 4.39 Å². The monoisotopic (exact) mass is 301 g/mol. The second kappa shape index (κ2) is 6.00. The molecular weight excluding hydrogens is 285 g/mol. The lowest BCUT2D eigenvalue weighted by molar-refractivity contribution is 0.613. The molecule has 0 aliphatic heterocycles. The standard InChI is InChI=1S/C12H17BrFN3/c1-3-4-7-17(2)9-6-5-8(12(15)16)10(13)11(9)14/h5-6H,3-4,7H2,1-2H3,(H3,15,16). The molecule has 0 bridgehead atoms. The largest absolute Gasteiger partial charge is 0.384 e. The summed E-state index contributed by atoms with van der Waals surface area (Å²) in [6.45, 7) is 2.90. The number of nitrogens with two attached hydrogens (primary N) is 1. The van der Waals surface area contributed by atoms with Gasteiger partial charge in [0.25, 0.3) is 0 Å². The van der Waals surface area contributed by atoms with Crippen molar-refractivity contribution >= 4 is 27.5 Å². The van der Waals surface area contributed by atoms with Gasteiger partial charge in [-0.25, -0.2) is 4.39 Å². The van der Waals surface area contributed by atoms with Gasteiger partial charge in [0.15, 0.2) is 5.82 Å².